The van der Waals surface area contributed by atoms with Crippen molar-refractivity contribution >= 4 is 51.7 Å². The molecule has 33 heavy (non-hydrogen) atoms. The molecule has 0 spiro atoms. The van der Waals surface area contributed by atoms with Crippen molar-refractivity contribution in [2.75, 3.05) is 37.5 Å². The van der Waals surface area contributed by atoms with Gasteiger partial charge in [0.25, 0.3) is 5.91 Å². The molecule has 0 saturated carbocycles. The van der Waals surface area contributed by atoms with Crippen LogP contribution < -0.4 is 15.0 Å². The van der Waals surface area contributed by atoms with Crippen molar-refractivity contribution in [1.82, 2.24) is 4.90 Å². The Morgan fingerprint density at radius 3 is 2.79 bits per heavy atom. The molecule has 1 fully saturated rings. The lowest BCUT2D eigenvalue weighted by Gasteiger charge is -2.16. The predicted octanol–water partition coefficient (Wildman–Crippen LogP) is 5.16. The number of rotatable bonds is 6. The lowest BCUT2D eigenvalue weighted by Crippen LogP contribution is -2.29. The largest absolute Gasteiger partial charge is 0.497 e. The van der Waals surface area contributed by atoms with Gasteiger partial charge in [0.05, 0.1) is 40.8 Å². The summed E-state index contributed by atoms with van der Waals surface area (Å²) in [6.07, 6.45) is 1.68. The van der Waals surface area contributed by atoms with Gasteiger partial charge in [-0.25, -0.2) is 4.99 Å². The van der Waals surface area contributed by atoms with E-state index in [4.69, 9.17) is 9.73 Å². The number of anilines is 2. The number of nitrogens with zero attached hydrogens (tertiary/aromatic N) is 4. The number of fused-ring (bicyclic) bond motifs is 1. The van der Waals surface area contributed by atoms with Gasteiger partial charge in [-0.15, -0.1) is 6.58 Å². The second-order valence-corrected chi connectivity index (χ2v) is 9.21. The van der Waals surface area contributed by atoms with Crippen LogP contribution in [0.15, 0.2) is 68.9 Å². The lowest BCUT2D eigenvalue weighted by molar-refractivity contribution is -0.121. The molecule has 2 heterocycles. The summed E-state index contributed by atoms with van der Waals surface area (Å²) < 4.78 is 5.36. The number of hydrogen-bond acceptors (Lipinski definition) is 8. The highest BCUT2D eigenvalue weighted by atomic mass is 32.2. The predicted molar refractivity (Wildman–Crippen MR) is 136 cm³/mol. The normalized spacial score (nSPS) is 18.5. The zero-order valence-corrected chi connectivity index (χ0v) is 20.2. The van der Waals surface area contributed by atoms with Gasteiger partial charge in [0.1, 0.15) is 10.7 Å². The number of amidine groups is 1. The first kappa shape index (κ1) is 22.8. The van der Waals surface area contributed by atoms with E-state index in [-0.39, 0.29) is 5.91 Å². The van der Waals surface area contributed by atoms with E-state index in [1.807, 2.05) is 43.1 Å². The molecule has 0 atom stereocenters. The third-order valence-electron chi connectivity index (χ3n) is 5.12. The molecular formula is C24H23N5O2S2. The topological polar surface area (TPSA) is 81.0 Å². The summed E-state index contributed by atoms with van der Waals surface area (Å²) in [5, 5.41) is 14.0. The van der Waals surface area contributed by atoms with Crippen LogP contribution in [0, 0.1) is 11.3 Å². The van der Waals surface area contributed by atoms with Gasteiger partial charge in [-0.2, -0.15) is 5.26 Å². The Morgan fingerprint density at radius 2 is 2.09 bits per heavy atom. The Balaban J connectivity index is 1.76. The third-order valence-corrected chi connectivity index (χ3v) is 7.55. The fourth-order valence-corrected chi connectivity index (χ4v) is 5.82. The standard InChI is InChI=1S/C24H23N5O2S2/c1-5-11-29-22(30)21(23-28(3)19-13-16(31-4)8-10-20(19)32-23)33-24(29)27-18-12-15(14-25)7-9-17(18)26-6-2/h5,7-10,12-13,26H,1,6,11H2,2-4H3/b23-21-,27-24?. The Kier molecular flexibility index (Phi) is 6.67. The minimum absolute atomic E-state index is 0.116. The van der Waals surface area contributed by atoms with Gasteiger partial charge in [0.2, 0.25) is 0 Å². The third kappa shape index (κ3) is 4.32. The van der Waals surface area contributed by atoms with Crippen LogP contribution in [0.25, 0.3) is 0 Å². The highest BCUT2D eigenvalue weighted by Gasteiger charge is 2.38. The molecule has 0 aliphatic carbocycles. The molecule has 2 aromatic carbocycles. The molecular weight excluding hydrogens is 454 g/mol. The highest BCUT2D eigenvalue weighted by Crippen LogP contribution is 2.51. The van der Waals surface area contributed by atoms with Crippen molar-refractivity contribution in [3.05, 3.63) is 64.6 Å². The van der Waals surface area contributed by atoms with Crippen LogP contribution >= 0.6 is 23.5 Å². The van der Waals surface area contributed by atoms with Crippen molar-refractivity contribution in [1.29, 1.82) is 5.26 Å². The van der Waals surface area contributed by atoms with Crippen LogP contribution in [0.4, 0.5) is 17.1 Å². The maximum atomic E-state index is 13.4. The molecule has 0 aromatic heterocycles. The van der Waals surface area contributed by atoms with Crippen LogP contribution in [0.1, 0.15) is 12.5 Å². The van der Waals surface area contributed by atoms with E-state index in [0.717, 1.165) is 27.0 Å². The molecule has 2 aromatic rings. The summed E-state index contributed by atoms with van der Waals surface area (Å²) in [5.74, 6) is 0.649. The number of thioether (sulfide) groups is 2. The van der Waals surface area contributed by atoms with Gasteiger partial charge >= 0.3 is 0 Å². The summed E-state index contributed by atoms with van der Waals surface area (Å²) >= 11 is 2.89. The van der Waals surface area contributed by atoms with E-state index >= 15 is 0 Å². The van der Waals surface area contributed by atoms with Crippen molar-refractivity contribution in [2.24, 2.45) is 4.99 Å². The van der Waals surface area contributed by atoms with Crippen LogP contribution in [0.5, 0.6) is 5.75 Å². The fraction of sp³-hybridized carbons (Fsp3) is 0.208. The molecule has 2 aliphatic rings. The number of nitriles is 1. The summed E-state index contributed by atoms with van der Waals surface area (Å²) in [6, 6.07) is 13.3. The molecule has 168 valence electrons. The highest BCUT2D eigenvalue weighted by molar-refractivity contribution is 8.19. The van der Waals surface area contributed by atoms with Crippen LogP contribution in [0.2, 0.25) is 0 Å². The summed E-state index contributed by atoms with van der Waals surface area (Å²) in [4.78, 5) is 23.5. The minimum atomic E-state index is -0.116. The zero-order chi connectivity index (χ0) is 23.5. The first-order valence-electron chi connectivity index (χ1n) is 10.3. The number of methoxy groups -OCH3 is 1. The summed E-state index contributed by atoms with van der Waals surface area (Å²) in [7, 11) is 3.58. The van der Waals surface area contributed by atoms with Gasteiger partial charge in [-0.05, 0) is 49.0 Å². The number of carbonyl (C=O) groups excluding carboxylic acids is 1. The smallest absolute Gasteiger partial charge is 0.269 e. The van der Waals surface area contributed by atoms with Crippen LogP contribution in [0.3, 0.4) is 0 Å². The van der Waals surface area contributed by atoms with Crippen molar-refractivity contribution in [3.63, 3.8) is 0 Å². The second kappa shape index (κ2) is 9.65. The SMILES string of the molecule is C=CCN1C(=O)/C(=C2/Sc3ccc(OC)cc3N2C)SC1=Nc1cc(C#N)ccc1NCC. The van der Waals surface area contributed by atoms with Gasteiger partial charge in [-0.1, -0.05) is 17.8 Å². The Morgan fingerprint density at radius 1 is 1.27 bits per heavy atom. The molecule has 0 bridgehead atoms. The van der Waals surface area contributed by atoms with Crippen molar-refractivity contribution in [2.45, 2.75) is 11.8 Å². The number of ether oxygens (including phenoxy) is 1. The first-order chi connectivity index (χ1) is 16.0. The molecule has 2 aliphatic heterocycles. The average molecular weight is 478 g/mol. The van der Waals surface area contributed by atoms with Crippen molar-refractivity contribution in [3.8, 4) is 11.8 Å². The molecule has 7 nitrogen and oxygen atoms in total. The molecule has 1 saturated heterocycles. The lowest BCUT2D eigenvalue weighted by atomic mass is 10.2. The van der Waals surface area contributed by atoms with Crippen molar-refractivity contribution < 1.29 is 9.53 Å². The minimum Gasteiger partial charge on any atom is -0.497 e. The zero-order valence-electron chi connectivity index (χ0n) is 18.6. The number of aliphatic imine (C=N–C) groups is 1. The maximum Gasteiger partial charge on any atom is 0.269 e. The Labute approximate surface area is 201 Å². The monoisotopic (exact) mass is 477 g/mol. The molecule has 0 unspecified atom stereocenters. The van der Waals surface area contributed by atoms with E-state index < -0.39 is 0 Å². The number of hydrogen-bond donors (Lipinski definition) is 1. The van der Waals surface area contributed by atoms with Gasteiger partial charge in [-0.3, -0.25) is 9.69 Å². The number of benzene rings is 2. The maximum absolute atomic E-state index is 13.4. The van der Waals surface area contributed by atoms with Crippen LogP contribution in [-0.2, 0) is 4.79 Å². The quantitative estimate of drug-likeness (QED) is 0.455. The molecule has 4 rings (SSSR count). The molecule has 0 radical (unpaired) electrons. The number of nitrogens with one attached hydrogen (secondary N) is 1. The summed E-state index contributed by atoms with van der Waals surface area (Å²) in [5.41, 5.74) is 2.93. The number of amides is 1. The van der Waals surface area contributed by atoms with E-state index in [1.54, 1.807) is 42.0 Å². The van der Waals surface area contributed by atoms with E-state index in [2.05, 4.69) is 18.0 Å². The van der Waals surface area contributed by atoms with Crippen LogP contribution in [-0.4, -0.2) is 43.2 Å². The van der Waals surface area contributed by atoms with Gasteiger partial charge in [0.15, 0.2) is 5.17 Å². The Bertz CT molecular complexity index is 1230. The molecule has 1 amide bonds. The fourth-order valence-electron chi connectivity index (χ4n) is 3.50. The average Bonchev–Trinajstić information content (AvgIpc) is 3.31. The summed E-state index contributed by atoms with van der Waals surface area (Å²) in [6.45, 7) is 6.85. The Hall–Kier alpha value is -3.35. The molecule has 9 heteroatoms. The van der Waals surface area contributed by atoms with E-state index in [0.29, 0.717) is 34.4 Å². The second-order valence-electron chi connectivity index (χ2n) is 7.20. The van der Waals surface area contributed by atoms with Gasteiger partial charge in [0, 0.05) is 31.1 Å². The molecule has 1 N–H and O–H groups in total. The van der Waals surface area contributed by atoms with E-state index in [1.165, 1.54) is 11.8 Å². The number of carbonyl (C=O) groups is 1. The first-order valence-corrected chi connectivity index (χ1v) is 11.9. The van der Waals surface area contributed by atoms with E-state index in [9.17, 15) is 10.1 Å². The van der Waals surface area contributed by atoms with Gasteiger partial charge < -0.3 is 15.0 Å².